The summed E-state index contributed by atoms with van der Waals surface area (Å²) in [4.78, 5) is 14.1. The van der Waals surface area contributed by atoms with E-state index in [0.717, 1.165) is 32.4 Å². The Labute approximate surface area is 122 Å². The smallest absolute Gasteiger partial charge is 0.222 e. The third kappa shape index (κ3) is 13.7. The van der Waals surface area contributed by atoms with Crippen molar-refractivity contribution in [3.63, 3.8) is 0 Å². The highest BCUT2D eigenvalue weighted by atomic mass is 16.2. The van der Waals surface area contributed by atoms with Crippen LogP contribution in [0, 0.1) is 0 Å². The number of unbranched alkanes of at least 4 members (excludes halogenated alkanes) is 5. The van der Waals surface area contributed by atoms with Crippen LogP contribution in [0.1, 0.15) is 92.4 Å². The van der Waals surface area contributed by atoms with Gasteiger partial charge in [-0.15, -0.1) is 0 Å². The minimum Gasteiger partial charge on any atom is -0.343 e. The summed E-state index contributed by atoms with van der Waals surface area (Å²) in [6, 6.07) is 0. The van der Waals surface area contributed by atoms with Crippen molar-refractivity contribution in [3.8, 4) is 0 Å². The molecule has 1 amide bonds. The molecule has 0 aromatic rings. The van der Waals surface area contributed by atoms with Gasteiger partial charge in [-0.05, 0) is 19.3 Å². The number of rotatable bonds is 11. The third-order valence-corrected chi connectivity index (χ3v) is 3.16. The first-order valence-corrected chi connectivity index (χ1v) is 8.54. The number of carbonyl (C=O) groups excluding carboxylic acids is 1. The highest BCUT2D eigenvalue weighted by Gasteiger charge is 2.11. The highest BCUT2D eigenvalue weighted by molar-refractivity contribution is 5.76. The van der Waals surface area contributed by atoms with E-state index in [-0.39, 0.29) is 0 Å². The quantitative estimate of drug-likeness (QED) is 0.460. The predicted molar refractivity (Wildman–Crippen MR) is 86.5 cm³/mol. The molecule has 0 heterocycles. The topological polar surface area (TPSA) is 20.3 Å². The lowest BCUT2D eigenvalue weighted by Gasteiger charge is -2.22. The molecule has 0 N–H and O–H groups in total. The lowest BCUT2D eigenvalue weighted by atomic mass is 10.2. The van der Waals surface area contributed by atoms with E-state index in [4.69, 9.17) is 0 Å². The molecule has 0 atom stereocenters. The molecule has 0 aliphatic rings. The number of amides is 1. The van der Waals surface area contributed by atoms with E-state index in [2.05, 4.69) is 25.7 Å². The van der Waals surface area contributed by atoms with Crippen molar-refractivity contribution in [2.45, 2.75) is 92.4 Å². The standard InChI is InChI=1S/C15H31NO.C2H6/c1-4-7-10-13-16(14-11-8-5-2)15(17)12-9-6-3;1-2/h4-14H2,1-3H3;1-2H3. The lowest BCUT2D eigenvalue weighted by molar-refractivity contribution is -0.131. The summed E-state index contributed by atoms with van der Waals surface area (Å²) in [6.45, 7) is 12.5. The van der Waals surface area contributed by atoms with E-state index in [0.29, 0.717) is 5.91 Å². The molecule has 0 fully saturated rings. The van der Waals surface area contributed by atoms with Crippen LogP contribution >= 0.6 is 0 Å². The summed E-state index contributed by atoms with van der Waals surface area (Å²) < 4.78 is 0. The molecule has 0 bridgehead atoms. The summed E-state index contributed by atoms with van der Waals surface area (Å²) in [5.74, 6) is 0.374. The molecule has 0 radical (unpaired) electrons. The van der Waals surface area contributed by atoms with Gasteiger partial charge in [0.2, 0.25) is 5.91 Å². The Hall–Kier alpha value is -0.530. The van der Waals surface area contributed by atoms with Gasteiger partial charge < -0.3 is 4.90 Å². The lowest BCUT2D eigenvalue weighted by Crippen LogP contribution is -2.32. The van der Waals surface area contributed by atoms with Crippen LogP contribution in [0.5, 0.6) is 0 Å². The van der Waals surface area contributed by atoms with E-state index < -0.39 is 0 Å². The first-order chi connectivity index (χ1) is 9.26. The predicted octanol–water partition coefficient (Wildman–Crippen LogP) is 5.41. The van der Waals surface area contributed by atoms with Crippen molar-refractivity contribution < 1.29 is 4.79 Å². The molecule has 0 aliphatic heterocycles. The van der Waals surface area contributed by atoms with Crippen molar-refractivity contribution in [2.24, 2.45) is 0 Å². The summed E-state index contributed by atoms with van der Waals surface area (Å²) in [7, 11) is 0. The van der Waals surface area contributed by atoms with Gasteiger partial charge in [-0.2, -0.15) is 0 Å². The molecule has 116 valence electrons. The van der Waals surface area contributed by atoms with Crippen LogP contribution in [0.2, 0.25) is 0 Å². The monoisotopic (exact) mass is 271 g/mol. The van der Waals surface area contributed by atoms with E-state index >= 15 is 0 Å². The van der Waals surface area contributed by atoms with Gasteiger partial charge in [-0.1, -0.05) is 66.7 Å². The summed E-state index contributed by atoms with van der Waals surface area (Å²) in [5.41, 5.74) is 0. The molecular weight excluding hydrogens is 234 g/mol. The van der Waals surface area contributed by atoms with Crippen molar-refractivity contribution in [2.75, 3.05) is 13.1 Å². The second-order valence-electron chi connectivity index (χ2n) is 4.90. The minimum atomic E-state index is 0.374. The zero-order chi connectivity index (χ0) is 14.9. The van der Waals surface area contributed by atoms with Gasteiger partial charge in [0.05, 0.1) is 0 Å². The molecule has 0 aliphatic carbocycles. The van der Waals surface area contributed by atoms with Crippen molar-refractivity contribution >= 4 is 5.91 Å². The Morgan fingerprint density at radius 3 is 1.53 bits per heavy atom. The Kier molecular flexibility index (Phi) is 19.1. The molecule has 19 heavy (non-hydrogen) atoms. The number of hydrogen-bond donors (Lipinski definition) is 0. The third-order valence-electron chi connectivity index (χ3n) is 3.16. The Morgan fingerprint density at radius 2 is 1.16 bits per heavy atom. The molecule has 0 unspecified atom stereocenters. The zero-order valence-electron chi connectivity index (χ0n) is 14.1. The molecular formula is C17H37NO. The molecule has 0 saturated heterocycles. The van der Waals surface area contributed by atoms with E-state index in [1.165, 1.54) is 38.5 Å². The molecule has 0 saturated carbocycles. The van der Waals surface area contributed by atoms with Gasteiger partial charge in [0.25, 0.3) is 0 Å². The first kappa shape index (κ1) is 20.8. The fourth-order valence-electron chi connectivity index (χ4n) is 1.95. The summed E-state index contributed by atoms with van der Waals surface area (Å²) >= 11 is 0. The molecule has 0 aromatic carbocycles. The van der Waals surface area contributed by atoms with Crippen LogP contribution in [0.15, 0.2) is 0 Å². The first-order valence-electron chi connectivity index (χ1n) is 8.54. The Balaban J connectivity index is 0. The van der Waals surface area contributed by atoms with Crippen LogP contribution < -0.4 is 0 Å². The van der Waals surface area contributed by atoms with Crippen LogP contribution in [0.3, 0.4) is 0 Å². The minimum absolute atomic E-state index is 0.374. The van der Waals surface area contributed by atoms with Crippen molar-refractivity contribution in [1.82, 2.24) is 4.90 Å². The normalized spacial score (nSPS) is 9.74. The van der Waals surface area contributed by atoms with Gasteiger partial charge in [-0.3, -0.25) is 4.79 Å². The second-order valence-corrected chi connectivity index (χ2v) is 4.90. The maximum Gasteiger partial charge on any atom is 0.222 e. The summed E-state index contributed by atoms with van der Waals surface area (Å²) in [5, 5.41) is 0. The Bertz CT molecular complexity index is 170. The fourth-order valence-corrected chi connectivity index (χ4v) is 1.95. The number of carbonyl (C=O) groups is 1. The average Bonchev–Trinajstić information content (AvgIpc) is 2.45. The van der Waals surface area contributed by atoms with E-state index in [1.54, 1.807) is 0 Å². The number of hydrogen-bond acceptors (Lipinski definition) is 1. The van der Waals surface area contributed by atoms with Gasteiger partial charge in [0.1, 0.15) is 0 Å². The van der Waals surface area contributed by atoms with Crippen molar-refractivity contribution in [3.05, 3.63) is 0 Å². The van der Waals surface area contributed by atoms with Gasteiger partial charge in [0.15, 0.2) is 0 Å². The van der Waals surface area contributed by atoms with Crippen LogP contribution in [-0.4, -0.2) is 23.9 Å². The van der Waals surface area contributed by atoms with Crippen molar-refractivity contribution in [1.29, 1.82) is 0 Å². The van der Waals surface area contributed by atoms with E-state index in [1.807, 2.05) is 13.8 Å². The zero-order valence-corrected chi connectivity index (χ0v) is 14.1. The average molecular weight is 271 g/mol. The molecule has 2 nitrogen and oxygen atoms in total. The fraction of sp³-hybridized carbons (Fsp3) is 0.941. The maximum absolute atomic E-state index is 12.0. The van der Waals surface area contributed by atoms with Gasteiger partial charge >= 0.3 is 0 Å². The molecule has 0 spiro atoms. The molecule has 2 heteroatoms. The second kappa shape index (κ2) is 17.5. The maximum atomic E-state index is 12.0. The van der Waals surface area contributed by atoms with Gasteiger partial charge in [0, 0.05) is 19.5 Å². The largest absolute Gasteiger partial charge is 0.343 e. The number of nitrogens with zero attached hydrogens (tertiary/aromatic N) is 1. The van der Waals surface area contributed by atoms with Gasteiger partial charge in [-0.25, -0.2) is 0 Å². The molecule has 0 aromatic heterocycles. The van der Waals surface area contributed by atoms with Crippen LogP contribution in [0.25, 0.3) is 0 Å². The van der Waals surface area contributed by atoms with Crippen LogP contribution in [-0.2, 0) is 4.79 Å². The van der Waals surface area contributed by atoms with Crippen LogP contribution in [0.4, 0.5) is 0 Å². The van der Waals surface area contributed by atoms with E-state index in [9.17, 15) is 4.79 Å². The SMILES string of the molecule is CC.CCCCCN(CCCCC)C(=O)CCCC. The molecule has 0 rings (SSSR count). The Morgan fingerprint density at radius 1 is 0.737 bits per heavy atom. The highest BCUT2D eigenvalue weighted by Crippen LogP contribution is 2.06. The summed E-state index contributed by atoms with van der Waals surface area (Å²) in [6.07, 6.45) is 10.2.